The van der Waals surface area contributed by atoms with Crippen LogP contribution >= 0.6 is 0 Å². The number of nitro groups is 1. The van der Waals surface area contributed by atoms with Gasteiger partial charge in [0.05, 0.1) is 24.7 Å². The summed E-state index contributed by atoms with van der Waals surface area (Å²) in [6.07, 6.45) is 2.70. The Balaban J connectivity index is 2.38. The van der Waals surface area contributed by atoms with Crippen molar-refractivity contribution >= 4 is 11.6 Å². The number of non-ortho nitro benzene ring substituents is 1. The topological polar surface area (TPSA) is 117 Å². The van der Waals surface area contributed by atoms with Crippen LogP contribution in [0.25, 0.3) is 0 Å². The van der Waals surface area contributed by atoms with E-state index in [2.05, 4.69) is 5.43 Å². The van der Waals surface area contributed by atoms with Gasteiger partial charge in [0, 0.05) is 12.5 Å². The SMILES string of the molecule is COc1cc([N+](=O)[O-])ccc1OCCCCCC(=O)NN. The first-order valence-corrected chi connectivity index (χ1v) is 6.53. The predicted molar refractivity (Wildman–Crippen MR) is 75.9 cm³/mol. The van der Waals surface area contributed by atoms with Gasteiger partial charge in [-0.2, -0.15) is 0 Å². The molecule has 0 aliphatic heterocycles. The number of nitrogens with two attached hydrogens (primary N) is 1. The Morgan fingerprint density at radius 1 is 1.33 bits per heavy atom. The maximum atomic E-state index is 10.9. The zero-order valence-corrected chi connectivity index (χ0v) is 11.8. The van der Waals surface area contributed by atoms with Crippen molar-refractivity contribution in [2.75, 3.05) is 13.7 Å². The number of hydrogen-bond acceptors (Lipinski definition) is 6. The van der Waals surface area contributed by atoms with E-state index in [-0.39, 0.29) is 11.6 Å². The lowest BCUT2D eigenvalue weighted by Crippen LogP contribution is -2.29. The molecule has 1 aromatic rings. The number of nitrogens with zero attached hydrogens (tertiary/aromatic N) is 1. The molecule has 0 atom stereocenters. The largest absolute Gasteiger partial charge is 0.493 e. The van der Waals surface area contributed by atoms with Crippen LogP contribution in [0.2, 0.25) is 0 Å². The Bertz CT molecular complexity index is 493. The minimum atomic E-state index is -0.491. The molecule has 3 N–H and O–H groups in total. The molecule has 0 bridgehead atoms. The monoisotopic (exact) mass is 297 g/mol. The van der Waals surface area contributed by atoms with Crippen molar-refractivity contribution in [3.63, 3.8) is 0 Å². The molecule has 8 nitrogen and oxygen atoms in total. The highest BCUT2D eigenvalue weighted by Gasteiger charge is 2.12. The molecule has 8 heteroatoms. The third kappa shape index (κ3) is 5.65. The number of methoxy groups -OCH3 is 1. The van der Waals surface area contributed by atoms with E-state index < -0.39 is 4.92 Å². The lowest BCUT2D eigenvalue weighted by atomic mass is 10.2. The highest BCUT2D eigenvalue weighted by Crippen LogP contribution is 2.31. The molecule has 0 unspecified atom stereocenters. The van der Waals surface area contributed by atoms with Gasteiger partial charge in [0.2, 0.25) is 5.91 Å². The van der Waals surface area contributed by atoms with Gasteiger partial charge in [0.25, 0.3) is 5.69 Å². The van der Waals surface area contributed by atoms with E-state index in [4.69, 9.17) is 15.3 Å². The Labute approximate surface area is 122 Å². The second-order valence-corrected chi connectivity index (χ2v) is 4.32. The van der Waals surface area contributed by atoms with Crippen molar-refractivity contribution in [2.24, 2.45) is 5.84 Å². The Kier molecular flexibility index (Phi) is 6.96. The number of carbonyl (C=O) groups is 1. The lowest BCUT2D eigenvalue weighted by molar-refractivity contribution is -0.385. The lowest BCUT2D eigenvalue weighted by Gasteiger charge is -2.10. The molecule has 0 aromatic heterocycles. The van der Waals surface area contributed by atoms with Gasteiger partial charge in [-0.1, -0.05) is 0 Å². The molecule has 0 heterocycles. The van der Waals surface area contributed by atoms with E-state index in [0.29, 0.717) is 24.5 Å². The molecule has 116 valence electrons. The fourth-order valence-electron chi connectivity index (χ4n) is 1.71. The number of amides is 1. The fourth-order valence-corrected chi connectivity index (χ4v) is 1.71. The summed E-state index contributed by atoms with van der Waals surface area (Å²) in [5.41, 5.74) is 2.02. The standard InChI is InChI=1S/C13H19N3O5/c1-20-12-9-10(16(18)19)6-7-11(12)21-8-4-2-3-5-13(17)15-14/h6-7,9H,2-5,8,14H2,1H3,(H,15,17). The van der Waals surface area contributed by atoms with Gasteiger partial charge in [-0.05, 0) is 25.3 Å². The summed E-state index contributed by atoms with van der Waals surface area (Å²) in [5, 5.41) is 10.7. The van der Waals surface area contributed by atoms with Crippen LogP contribution in [0.15, 0.2) is 18.2 Å². The van der Waals surface area contributed by atoms with Gasteiger partial charge in [0.15, 0.2) is 11.5 Å². The Morgan fingerprint density at radius 2 is 2.10 bits per heavy atom. The van der Waals surface area contributed by atoms with Crippen molar-refractivity contribution < 1.29 is 19.2 Å². The van der Waals surface area contributed by atoms with Gasteiger partial charge in [-0.25, -0.2) is 5.84 Å². The smallest absolute Gasteiger partial charge is 0.273 e. The summed E-state index contributed by atoms with van der Waals surface area (Å²) in [6, 6.07) is 4.20. The van der Waals surface area contributed by atoms with Crippen LogP contribution in [0.4, 0.5) is 5.69 Å². The Hall–Kier alpha value is -2.35. The van der Waals surface area contributed by atoms with Crippen LogP contribution in [0, 0.1) is 10.1 Å². The highest BCUT2D eigenvalue weighted by atomic mass is 16.6. The van der Waals surface area contributed by atoms with E-state index in [9.17, 15) is 14.9 Å². The molecule has 1 amide bonds. The first kappa shape index (κ1) is 16.7. The van der Waals surface area contributed by atoms with Crippen LogP contribution < -0.4 is 20.7 Å². The number of hydrogen-bond donors (Lipinski definition) is 2. The Morgan fingerprint density at radius 3 is 2.71 bits per heavy atom. The zero-order chi connectivity index (χ0) is 15.7. The second-order valence-electron chi connectivity index (χ2n) is 4.32. The third-order valence-electron chi connectivity index (χ3n) is 2.82. The van der Waals surface area contributed by atoms with Crippen LogP contribution in [0.1, 0.15) is 25.7 Å². The van der Waals surface area contributed by atoms with E-state index in [0.717, 1.165) is 19.3 Å². The summed E-state index contributed by atoms with van der Waals surface area (Å²) in [5.74, 6) is 5.57. The van der Waals surface area contributed by atoms with Gasteiger partial charge in [-0.15, -0.1) is 0 Å². The first-order chi connectivity index (χ1) is 10.1. The van der Waals surface area contributed by atoms with E-state index >= 15 is 0 Å². The van der Waals surface area contributed by atoms with Crippen molar-refractivity contribution in [3.05, 3.63) is 28.3 Å². The molecule has 1 aromatic carbocycles. The number of nitro benzene ring substituents is 1. The number of unbranched alkanes of at least 4 members (excludes halogenated alkanes) is 2. The summed E-state index contributed by atoms with van der Waals surface area (Å²) >= 11 is 0. The molecular formula is C13H19N3O5. The zero-order valence-electron chi connectivity index (χ0n) is 11.8. The van der Waals surface area contributed by atoms with Crippen molar-refractivity contribution in [1.82, 2.24) is 5.43 Å². The summed E-state index contributed by atoms with van der Waals surface area (Å²) in [6.45, 7) is 0.443. The van der Waals surface area contributed by atoms with Gasteiger partial charge >= 0.3 is 0 Å². The molecular weight excluding hydrogens is 278 g/mol. The van der Waals surface area contributed by atoms with Crippen molar-refractivity contribution in [2.45, 2.75) is 25.7 Å². The van der Waals surface area contributed by atoms with Crippen LogP contribution in [-0.2, 0) is 4.79 Å². The summed E-state index contributed by atoms with van der Waals surface area (Å²) < 4.78 is 10.6. The van der Waals surface area contributed by atoms with Crippen LogP contribution in [0.5, 0.6) is 11.5 Å². The number of benzene rings is 1. The molecule has 0 aliphatic rings. The molecule has 0 spiro atoms. The maximum absolute atomic E-state index is 10.9. The van der Waals surface area contributed by atoms with Gasteiger partial charge in [-0.3, -0.25) is 20.3 Å². The minimum Gasteiger partial charge on any atom is -0.493 e. The number of rotatable bonds is 9. The van der Waals surface area contributed by atoms with Crippen molar-refractivity contribution in [1.29, 1.82) is 0 Å². The van der Waals surface area contributed by atoms with Gasteiger partial charge in [0.1, 0.15) is 0 Å². The van der Waals surface area contributed by atoms with E-state index in [1.54, 1.807) is 0 Å². The second kappa shape index (κ2) is 8.75. The maximum Gasteiger partial charge on any atom is 0.273 e. The number of hydrazine groups is 1. The highest BCUT2D eigenvalue weighted by molar-refractivity contribution is 5.75. The quantitative estimate of drug-likeness (QED) is 0.235. The first-order valence-electron chi connectivity index (χ1n) is 6.53. The summed E-state index contributed by atoms with van der Waals surface area (Å²) in [7, 11) is 1.43. The molecule has 0 aliphatic carbocycles. The van der Waals surface area contributed by atoms with Crippen LogP contribution in [0.3, 0.4) is 0 Å². The number of ether oxygens (including phenoxy) is 2. The average Bonchev–Trinajstić information content (AvgIpc) is 2.50. The van der Waals surface area contributed by atoms with E-state index in [1.165, 1.54) is 25.3 Å². The summed E-state index contributed by atoms with van der Waals surface area (Å²) in [4.78, 5) is 21.1. The molecule has 0 saturated carbocycles. The normalized spacial score (nSPS) is 10.0. The van der Waals surface area contributed by atoms with Crippen molar-refractivity contribution in [3.8, 4) is 11.5 Å². The molecule has 0 fully saturated rings. The minimum absolute atomic E-state index is 0.0491. The number of carbonyl (C=O) groups excluding carboxylic acids is 1. The van der Waals surface area contributed by atoms with Crippen LogP contribution in [-0.4, -0.2) is 24.5 Å². The third-order valence-corrected chi connectivity index (χ3v) is 2.82. The molecule has 0 saturated heterocycles. The molecule has 1 rings (SSSR count). The average molecular weight is 297 g/mol. The molecule has 0 radical (unpaired) electrons. The predicted octanol–water partition coefficient (Wildman–Crippen LogP) is 1.53. The van der Waals surface area contributed by atoms with Gasteiger partial charge < -0.3 is 9.47 Å². The fraction of sp³-hybridized carbons (Fsp3) is 0.462. The van der Waals surface area contributed by atoms with E-state index in [1.807, 2.05) is 0 Å². The molecule has 21 heavy (non-hydrogen) atoms. The number of nitrogens with one attached hydrogen (secondary N) is 1.